The highest BCUT2D eigenvalue weighted by Gasteiger charge is 2.19. The molecule has 0 spiro atoms. The van der Waals surface area contributed by atoms with Crippen LogP contribution in [-0.4, -0.2) is 20.0 Å². The molecule has 0 unspecified atom stereocenters. The first-order valence-electron chi connectivity index (χ1n) is 7.75. The second-order valence-corrected chi connectivity index (χ2v) is 5.98. The first-order valence-corrected chi connectivity index (χ1v) is 7.75. The van der Waals surface area contributed by atoms with Gasteiger partial charge in [0.15, 0.2) is 0 Å². The molecule has 0 aliphatic heterocycles. The zero-order valence-electron chi connectivity index (χ0n) is 14.5. The first kappa shape index (κ1) is 16.6. The maximum atomic E-state index is 12.8. The molecule has 1 amide bonds. The molecule has 0 aliphatic rings. The molecular formula is C18H18N4O3. The van der Waals surface area contributed by atoms with Crippen molar-refractivity contribution in [1.82, 2.24) is 14.1 Å². The zero-order chi connectivity index (χ0) is 18.3. The van der Waals surface area contributed by atoms with E-state index in [0.29, 0.717) is 11.4 Å². The molecule has 0 saturated carbocycles. The number of hydrogen-bond acceptors (Lipinski definition) is 4. The molecule has 2 heterocycles. The summed E-state index contributed by atoms with van der Waals surface area (Å²) in [6.07, 6.45) is 0. The first-order chi connectivity index (χ1) is 11.8. The van der Waals surface area contributed by atoms with Gasteiger partial charge in [-0.3, -0.25) is 18.7 Å². The van der Waals surface area contributed by atoms with E-state index in [-0.39, 0.29) is 16.6 Å². The van der Waals surface area contributed by atoms with Gasteiger partial charge in [0.1, 0.15) is 5.65 Å². The monoisotopic (exact) mass is 338 g/mol. The van der Waals surface area contributed by atoms with E-state index in [1.807, 2.05) is 25.1 Å². The van der Waals surface area contributed by atoms with Gasteiger partial charge in [-0.05, 0) is 31.5 Å². The van der Waals surface area contributed by atoms with Gasteiger partial charge in [-0.1, -0.05) is 18.2 Å². The highest BCUT2D eigenvalue weighted by molar-refractivity contribution is 6.12. The van der Waals surface area contributed by atoms with Crippen molar-refractivity contribution in [3.63, 3.8) is 0 Å². The molecule has 3 aromatic rings. The van der Waals surface area contributed by atoms with Crippen LogP contribution >= 0.6 is 0 Å². The summed E-state index contributed by atoms with van der Waals surface area (Å²) in [6.45, 7) is 3.60. The topological polar surface area (TPSA) is 86.0 Å². The van der Waals surface area contributed by atoms with Gasteiger partial charge in [0.2, 0.25) is 0 Å². The molecule has 0 fully saturated rings. The van der Waals surface area contributed by atoms with Crippen LogP contribution in [0.25, 0.3) is 11.0 Å². The van der Waals surface area contributed by atoms with Crippen molar-refractivity contribution in [1.29, 1.82) is 0 Å². The van der Waals surface area contributed by atoms with E-state index in [9.17, 15) is 14.4 Å². The number of amides is 1. The number of fused-ring (bicyclic) bond motifs is 1. The summed E-state index contributed by atoms with van der Waals surface area (Å²) in [5.41, 5.74) is 1.49. The minimum absolute atomic E-state index is 0.126. The van der Waals surface area contributed by atoms with E-state index < -0.39 is 17.2 Å². The third-order valence-corrected chi connectivity index (χ3v) is 4.18. The number of aryl methyl sites for hydroxylation is 3. The number of aromatic nitrogens is 3. The van der Waals surface area contributed by atoms with Gasteiger partial charge in [0, 0.05) is 25.5 Å². The average molecular weight is 338 g/mol. The molecular weight excluding hydrogens is 320 g/mol. The van der Waals surface area contributed by atoms with Crippen molar-refractivity contribution >= 4 is 22.6 Å². The number of pyridine rings is 1. The quantitative estimate of drug-likeness (QED) is 0.767. The number of carbonyl (C=O) groups is 1. The Balaban J connectivity index is 2.26. The Morgan fingerprint density at radius 3 is 2.44 bits per heavy atom. The van der Waals surface area contributed by atoms with Crippen LogP contribution in [0.1, 0.15) is 21.6 Å². The Bertz CT molecular complexity index is 1130. The Morgan fingerprint density at radius 1 is 1.08 bits per heavy atom. The smallest absolute Gasteiger partial charge is 0.322 e. The Labute approximate surface area is 143 Å². The summed E-state index contributed by atoms with van der Waals surface area (Å²) in [5, 5.41) is 2.95. The summed E-state index contributed by atoms with van der Waals surface area (Å²) < 4.78 is 2.25. The normalized spacial score (nSPS) is 10.9. The molecule has 2 aromatic heterocycles. The summed E-state index contributed by atoms with van der Waals surface area (Å²) in [4.78, 5) is 41.8. The van der Waals surface area contributed by atoms with E-state index in [1.165, 1.54) is 18.7 Å². The van der Waals surface area contributed by atoms with Crippen LogP contribution in [0, 0.1) is 13.8 Å². The Hall–Kier alpha value is -3.22. The number of anilines is 1. The molecule has 25 heavy (non-hydrogen) atoms. The van der Waals surface area contributed by atoms with Gasteiger partial charge in [-0.25, -0.2) is 9.78 Å². The molecule has 0 atom stereocenters. The van der Waals surface area contributed by atoms with Crippen LogP contribution in [0.15, 0.2) is 39.9 Å². The fourth-order valence-corrected chi connectivity index (χ4v) is 2.76. The predicted octanol–water partition coefficient (Wildman–Crippen LogP) is 1.50. The van der Waals surface area contributed by atoms with Crippen LogP contribution in [0.5, 0.6) is 0 Å². The van der Waals surface area contributed by atoms with Crippen LogP contribution in [-0.2, 0) is 14.1 Å². The molecule has 1 aromatic carbocycles. The number of rotatable bonds is 2. The van der Waals surface area contributed by atoms with Crippen LogP contribution in [0.2, 0.25) is 0 Å². The lowest BCUT2D eigenvalue weighted by atomic mass is 10.1. The summed E-state index contributed by atoms with van der Waals surface area (Å²) in [6, 6.07) is 8.93. The standard InChI is InChI=1S/C18H18N4O3/c1-10-7-5-6-8-13(10)20-16(23)12-9-11(2)19-15-14(12)17(24)22(4)18(25)21(15)3/h5-9H,1-4H3,(H,20,23). The lowest BCUT2D eigenvalue weighted by Crippen LogP contribution is -2.38. The highest BCUT2D eigenvalue weighted by atomic mass is 16.2. The fourth-order valence-electron chi connectivity index (χ4n) is 2.76. The van der Waals surface area contributed by atoms with Gasteiger partial charge in [0.25, 0.3) is 11.5 Å². The predicted molar refractivity (Wildman–Crippen MR) is 96.1 cm³/mol. The van der Waals surface area contributed by atoms with E-state index in [2.05, 4.69) is 10.3 Å². The van der Waals surface area contributed by atoms with Crippen molar-refractivity contribution in [2.45, 2.75) is 13.8 Å². The van der Waals surface area contributed by atoms with Crippen molar-refractivity contribution in [2.24, 2.45) is 14.1 Å². The molecule has 0 radical (unpaired) electrons. The van der Waals surface area contributed by atoms with E-state index in [4.69, 9.17) is 0 Å². The van der Waals surface area contributed by atoms with Gasteiger partial charge in [-0.2, -0.15) is 0 Å². The van der Waals surface area contributed by atoms with Gasteiger partial charge in [0.05, 0.1) is 10.9 Å². The minimum Gasteiger partial charge on any atom is -0.322 e. The molecule has 0 saturated heterocycles. The van der Waals surface area contributed by atoms with Gasteiger partial charge < -0.3 is 5.32 Å². The number of para-hydroxylation sites is 1. The van der Waals surface area contributed by atoms with E-state index in [0.717, 1.165) is 10.1 Å². The van der Waals surface area contributed by atoms with Crippen molar-refractivity contribution in [3.05, 3.63) is 68.0 Å². The number of benzene rings is 1. The SMILES string of the molecule is Cc1cc(C(=O)Nc2ccccc2C)c2c(=O)n(C)c(=O)n(C)c2n1. The summed E-state index contributed by atoms with van der Waals surface area (Å²) in [7, 11) is 2.91. The second kappa shape index (κ2) is 6.01. The number of nitrogens with zero attached hydrogens (tertiary/aromatic N) is 3. The van der Waals surface area contributed by atoms with E-state index in [1.54, 1.807) is 19.1 Å². The minimum atomic E-state index is -0.541. The molecule has 7 heteroatoms. The highest BCUT2D eigenvalue weighted by Crippen LogP contribution is 2.18. The molecule has 0 bridgehead atoms. The zero-order valence-corrected chi connectivity index (χ0v) is 14.5. The maximum Gasteiger partial charge on any atom is 0.332 e. The second-order valence-electron chi connectivity index (χ2n) is 5.98. The van der Waals surface area contributed by atoms with Crippen LogP contribution < -0.4 is 16.6 Å². The number of carbonyl (C=O) groups excluding carboxylic acids is 1. The molecule has 1 N–H and O–H groups in total. The third-order valence-electron chi connectivity index (χ3n) is 4.18. The van der Waals surface area contributed by atoms with Gasteiger partial charge >= 0.3 is 5.69 Å². The fraction of sp³-hybridized carbons (Fsp3) is 0.222. The third kappa shape index (κ3) is 2.73. The molecule has 3 rings (SSSR count). The average Bonchev–Trinajstić information content (AvgIpc) is 2.59. The van der Waals surface area contributed by atoms with Crippen molar-refractivity contribution in [2.75, 3.05) is 5.32 Å². The molecule has 128 valence electrons. The van der Waals surface area contributed by atoms with Crippen LogP contribution in [0.4, 0.5) is 5.69 Å². The summed E-state index contributed by atoms with van der Waals surface area (Å²) in [5.74, 6) is -0.416. The Morgan fingerprint density at radius 2 is 1.76 bits per heavy atom. The van der Waals surface area contributed by atoms with Crippen molar-refractivity contribution in [3.8, 4) is 0 Å². The lowest BCUT2D eigenvalue weighted by Gasteiger charge is -2.13. The van der Waals surface area contributed by atoms with Gasteiger partial charge in [-0.15, -0.1) is 0 Å². The number of hydrogen-bond donors (Lipinski definition) is 1. The number of nitrogens with one attached hydrogen (secondary N) is 1. The Kier molecular flexibility index (Phi) is 4.00. The summed E-state index contributed by atoms with van der Waals surface area (Å²) >= 11 is 0. The lowest BCUT2D eigenvalue weighted by molar-refractivity contribution is 0.102. The maximum absolute atomic E-state index is 12.8. The largest absolute Gasteiger partial charge is 0.332 e. The van der Waals surface area contributed by atoms with E-state index >= 15 is 0 Å². The molecule has 7 nitrogen and oxygen atoms in total. The van der Waals surface area contributed by atoms with Crippen molar-refractivity contribution < 1.29 is 4.79 Å². The molecule has 0 aliphatic carbocycles. The van der Waals surface area contributed by atoms with Crippen LogP contribution in [0.3, 0.4) is 0 Å².